The first-order valence-electron chi connectivity index (χ1n) is 9.11. The third-order valence-corrected chi connectivity index (χ3v) is 7.79. The summed E-state index contributed by atoms with van der Waals surface area (Å²) >= 11 is 1.73. The second kappa shape index (κ2) is 8.60. The Balaban J connectivity index is 1.74. The summed E-state index contributed by atoms with van der Waals surface area (Å²) in [6, 6.07) is 9.18. The summed E-state index contributed by atoms with van der Waals surface area (Å²) in [5.41, 5.74) is 0.442. The van der Waals surface area contributed by atoms with E-state index >= 15 is 0 Å². The summed E-state index contributed by atoms with van der Waals surface area (Å²) in [5.74, 6) is 0.117. The summed E-state index contributed by atoms with van der Waals surface area (Å²) in [6.07, 6.45) is 2.18. The molecular formula is C19H26N3O4S2+. The van der Waals surface area contributed by atoms with Crippen LogP contribution in [0.3, 0.4) is 0 Å². The van der Waals surface area contributed by atoms with Crippen molar-refractivity contribution in [1.29, 1.82) is 0 Å². The number of sulfonamides is 1. The van der Waals surface area contributed by atoms with Crippen LogP contribution in [-0.2, 0) is 14.8 Å². The van der Waals surface area contributed by atoms with Gasteiger partial charge in [0.05, 0.1) is 18.5 Å². The van der Waals surface area contributed by atoms with Gasteiger partial charge >= 0.3 is 0 Å². The number of benzene rings is 1. The van der Waals surface area contributed by atoms with Gasteiger partial charge in [-0.2, -0.15) is 0 Å². The number of nitrogens with zero attached hydrogens (tertiary/aromatic N) is 1. The molecule has 9 heteroatoms. The van der Waals surface area contributed by atoms with Gasteiger partial charge in [0, 0.05) is 32.6 Å². The van der Waals surface area contributed by atoms with Crippen LogP contribution >= 0.6 is 11.3 Å². The molecule has 2 atom stereocenters. The first-order valence-corrected chi connectivity index (χ1v) is 11.4. The minimum atomic E-state index is -3.69. The number of rotatable bonds is 7. The maximum atomic E-state index is 12.6. The lowest BCUT2D eigenvalue weighted by atomic mass is 10.2. The molecule has 152 valence electrons. The minimum Gasteiger partial charge on any atom is -0.495 e. The molecule has 1 amide bonds. The van der Waals surface area contributed by atoms with E-state index in [1.165, 1.54) is 37.0 Å². The fourth-order valence-corrected chi connectivity index (χ4v) is 5.52. The number of nitrogens with one attached hydrogen (secondary N) is 2. The van der Waals surface area contributed by atoms with Gasteiger partial charge in [-0.05, 0) is 29.6 Å². The lowest BCUT2D eigenvalue weighted by molar-refractivity contribution is -0.910. The van der Waals surface area contributed by atoms with Crippen molar-refractivity contribution in [3.63, 3.8) is 0 Å². The Morgan fingerprint density at radius 1 is 1.36 bits per heavy atom. The third-order valence-electron chi connectivity index (χ3n) is 4.96. The largest absolute Gasteiger partial charge is 0.495 e. The zero-order chi connectivity index (χ0) is 20.3. The summed E-state index contributed by atoms with van der Waals surface area (Å²) < 4.78 is 31.4. The average molecular weight is 425 g/mol. The number of hydrogen-bond acceptors (Lipinski definition) is 5. The molecule has 1 saturated heterocycles. The quantitative estimate of drug-likeness (QED) is 0.704. The van der Waals surface area contributed by atoms with Crippen LogP contribution in [0.25, 0.3) is 0 Å². The van der Waals surface area contributed by atoms with E-state index in [4.69, 9.17) is 4.74 Å². The summed E-state index contributed by atoms with van der Waals surface area (Å²) in [5, 5.41) is 4.91. The fraction of sp³-hybridized carbons (Fsp3) is 0.421. The number of thiophene rings is 1. The predicted molar refractivity (Wildman–Crippen MR) is 109 cm³/mol. The average Bonchev–Trinajstić information content (AvgIpc) is 3.32. The molecule has 1 aliphatic heterocycles. The first-order chi connectivity index (χ1) is 13.3. The van der Waals surface area contributed by atoms with Crippen molar-refractivity contribution in [3.8, 4) is 5.75 Å². The van der Waals surface area contributed by atoms with Gasteiger partial charge in [0.25, 0.3) is 5.91 Å². The Bertz CT molecular complexity index is 927. The molecule has 1 aromatic heterocycles. The van der Waals surface area contributed by atoms with Gasteiger partial charge in [0.15, 0.2) is 6.54 Å². The van der Waals surface area contributed by atoms with Crippen LogP contribution in [0, 0.1) is 0 Å². The summed E-state index contributed by atoms with van der Waals surface area (Å²) in [6.45, 7) is 1.31. The highest BCUT2D eigenvalue weighted by Crippen LogP contribution is 2.29. The Labute approximate surface area is 170 Å². The van der Waals surface area contributed by atoms with E-state index in [0.29, 0.717) is 18.3 Å². The Morgan fingerprint density at radius 3 is 2.79 bits per heavy atom. The van der Waals surface area contributed by atoms with Crippen molar-refractivity contribution in [3.05, 3.63) is 40.6 Å². The first kappa shape index (κ1) is 20.8. The third kappa shape index (κ3) is 4.38. The van der Waals surface area contributed by atoms with Crippen LogP contribution in [0.5, 0.6) is 5.75 Å². The van der Waals surface area contributed by atoms with E-state index < -0.39 is 10.0 Å². The van der Waals surface area contributed by atoms with E-state index in [9.17, 15) is 13.2 Å². The number of hydrogen-bond donors (Lipinski definition) is 2. The SMILES string of the molecule is COc1ccc(NC(=O)C[NH+]2CCC[C@H]2c2cccs2)cc1S(=O)(=O)N(C)C. The molecule has 1 fully saturated rings. The van der Waals surface area contributed by atoms with E-state index in [0.717, 1.165) is 23.7 Å². The molecule has 2 aromatic rings. The lowest BCUT2D eigenvalue weighted by Gasteiger charge is -2.20. The van der Waals surface area contributed by atoms with Crippen LogP contribution < -0.4 is 15.0 Å². The number of carbonyl (C=O) groups excluding carboxylic acids is 1. The molecule has 28 heavy (non-hydrogen) atoms. The van der Waals surface area contributed by atoms with Crippen molar-refractivity contribution in [2.45, 2.75) is 23.8 Å². The molecule has 0 aliphatic carbocycles. The number of amides is 1. The highest BCUT2D eigenvalue weighted by molar-refractivity contribution is 7.89. The van der Waals surface area contributed by atoms with Crippen molar-refractivity contribution in [1.82, 2.24) is 4.31 Å². The van der Waals surface area contributed by atoms with E-state index in [-0.39, 0.29) is 16.6 Å². The molecular weight excluding hydrogens is 398 g/mol. The van der Waals surface area contributed by atoms with Crippen molar-refractivity contribution >= 4 is 33.0 Å². The van der Waals surface area contributed by atoms with Crippen molar-refractivity contribution in [2.75, 3.05) is 39.6 Å². The van der Waals surface area contributed by atoms with Gasteiger partial charge in [-0.15, -0.1) is 11.3 Å². The molecule has 0 radical (unpaired) electrons. The van der Waals surface area contributed by atoms with Gasteiger partial charge in [0.1, 0.15) is 16.7 Å². The van der Waals surface area contributed by atoms with Gasteiger partial charge in [0.2, 0.25) is 10.0 Å². The zero-order valence-electron chi connectivity index (χ0n) is 16.3. The van der Waals surface area contributed by atoms with Gasteiger partial charge in [-0.3, -0.25) is 4.79 Å². The van der Waals surface area contributed by atoms with Crippen LogP contribution in [0.4, 0.5) is 5.69 Å². The van der Waals surface area contributed by atoms with Crippen LogP contribution in [0.15, 0.2) is 40.6 Å². The monoisotopic (exact) mass is 424 g/mol. The minimum absolute atomic E-state index is 0.0304. The van der Waals surface area contributed by atoms with E-state index in [1.807, 2.05) is 6.07 Å². The summed E-state index contributed by atoms with van der Waals surface area (Å²) in [7, 11) is 0.654. The molecule has 0 bridgehead atoms. The molecule has 0 saturated carbocycles. The van der Waals surface area contributed by atoms with E-state index in [2.05, 4.69) is 16.8 Å². The number of anilines is 1. The standard InChI is InChI=1S/C19H25N3O4S2/c1-21(2)28(24,25)18-12-14(8-9-16(18)26-3)20-19(23)13-22-10-4-6-15(22)17-7-5-11-27-17/h5,7-9,11-12,15H,4,6,10,13H2,1-3H3,(H,20,23)/p+1/t15-/m0/s1. The number of quaternary nitrogens is 1. The number of methoxy groups -OCH3 is 1. The van der Waals surface area contributed by atoms with Crippen LogP contribution in [-0.4, -0.2) is 52.9 Å². The zero-order valence-corrected chi connectivity index (χ0v) is 17.9. The Kier molecular flexibility index (Phi) is 6.39. The molecule has 7 nitrogen and oxygen atoms in total. The fourth-order valence-electron chi connectivity index (χ4n) is 3.52. The van der Waals surface area contributed by atoms with Crippen molar-refractivity contribution < 1.29 is 22.8 Å². The van der Waals surface area contributed by atoms with Crippen LogP contribution in [0.2, 0.25) is 0 Å². The predicted octanol–water partition coefficient (Wildman–Crippen LogP) is 1.37. The van der Waals surface area contributed by atoms with Gasteiger partial charge in [-0.1, -0.05) is 6.07 Å². The van der Waals surface area contributed by atoms with Crippen LogP contribution in [0.1, 0.15) is 23.8 Å². The molecule has 1 unspecified atom stereocenters. The maximum Gasteiger partial charge on any atom is 0.279 e. The molecule has 1 aromatic carbocycles. The number of ether oxygens (including phenoxy) is 1. The van der Waals surface area contributed by atoms with Crippen molar-refractivity contribution in [2.24, 2.45) is 0 Å². The van der Waals surface area contributed by atoms with Gasteiger partial charge in [-0.25, -0.2) is 12.7 Å². The number of likely N-dealkylation sites (tertiary alicyclic amines) is 1. The smallest absolute Gasteiger partial charge is 0.279 e. The second-order valence-corrected chi connectivity index (χ2v) is 10.1. The molecule has 3 rings (SSSR count). The number of carbonyl (C=O) groups is 1. The highest BCUT2D eigenvalue weighted by Gasteiger charge is 2.32. The second-order valence-electron chi connectivity index (χ2n) is 7.00. The van der Waals surface area contributed by atoms with Gasteiger partial charge < -0.3 is 15.0 Å². The summed E-state index contributed by atoms with van der Waals surface area (Å²) in [4.78, 5) is 15.2. The van der Waals surface area contributed by atoms with E-state index in [1.54, 1.807) is 23.5 Å². The normalized spacial score (nSPS) is 19.7. The Hall–Kier alpha value is -1.94. The molecule has 2 heterocycles. The molecule has 1 aliphatic rings. The topological polar surface area (TPSA) is 80.1 Å². The Morgan fingerprint density at radius 2 is 2.14 bits per heavy atom. The highest BCUT2D eigenvalue weighted by atomic mass is 32.2. The maximum absolute atomic E-state index is 12.6. The molecule has 2 N–H and O–H groups in total. The molecule has 0 spiro atoms. The lowest BCUT2D eigenvalue weighted by Crippen LogP contribution is -3.11.